The minimum absolute atomic E-state index is 0.0957. The zero-order chi connectivity index (χ0) is 23.8. The number of aromatic nitrogens is 2. The lowest BCUT2D eigenvalue weighted by molar-refractivity contribution is -0.161. The molecule has 0 bridgehead atoms. The lowest BCUT2D eigenvalue weighted by Gasteiger charge is -2.36. The van der Waals surface area contributed by atoms with Crippen LogP contribution in [0.15, 0.2) is 9.59 Å². The van der Waals surface area contributed by atoms with Crippen LogP contribution in [0.1, 0.15) is 31.7 Å². The highest BCUT2D eigenvalue weighted by atomic mass is 19.3. The van der Waals surface area contributed by atoms with Crippen molar-refractivity contribution in [3.63, 3.8) is 0 Å². The fourth-order valence-corrected chi connectivity index (χ4v) is 5.78. The van der Waals surface area contributed by atoms with Crippen molar-refractivity contribution in [1.29, 1.82) is 0 Å². The Bertz CT molecular complexity index is 1210. The molecule has 2 heterocycles. The molecule has 2 N–H and O–H groups in total. The van der Waals surface area contributed by atoms with Gasteiger partial charge < -0.3 is 9.84 Å². The van der Waals surface area contributed by atoms with Crippen molar-refractivity contribution in [2.45, 2.75) is 62.4 Å². The summed E-state index contributed by atoms with van der Waals surface area (Å²) >= 11 is 0. The molecule has 1 aliphatic heterocycles. The van der Waals surface area contributed by atoms with Gasteiger partial charge in [0.1, 0.15) is 17.9 Å². The van der Waals surface area contributed by atoms with Crippen LogP contribution in [-0.2, 0) is 4.74 Å². The van der Waals surface area contributed by atoms with Gasteiger partial charge in [-0.05, 0) is 25.2 Å². The fourth-order valence-electron chi connectivity index (χ4n) is 5.78. The zero-order valence-electron chi connectivity index (χ0n) is 17.7. The van der Waals surface area contributed by atoms with E-state index in [-0.39, 0.29) is 42.6 Å². The summed E-state index contributed by atoms with van der Waals surface area (Å²) in [6.07, 6.45) is -6.86. The highest BCUT2D eigenvalue weighted by Gasteiger charge is 2.55. The molecule has 3 aliphatic carbocycles. The van der Waals surface area contributed by atoms with Crippen LogP contribution >= 0.6 is 0 Å². The molecule has 3 fully saturated rings. The summed E-state index contributed by atoms with van der Waals surface area (Å²) in [7, 11) is 1.20. The number of ether oxygens (including phenoxy) is 1. The molecule has 0 radical (unpaired) electrons. The third-order valence-corrected chi connectivity index (χ3v) is 7.48. The SMILES string of the molecule is COC1=c2c(c(=O)[nH]c(=O)n2C2CC2)=C(C(F)F)C(F)C1N1CC2CCC(F)(F)C(O)C2C1. The molecule has 0 aromatic carbocycles. The van der Waals surface area contributed by atoms with Gasteiger partial charge in [-0.2, -0.15) is 0 Å². The molecule has 1 aromatic heterocycles. The lowest BCUT2D eigenvalue weighted by atomic mass is 9.77. The largest absolute Gasteiger partial charge is 0.497 e. The first-order valence-electron chi connectivity index (χ1n) is 11.0. The Hall–Kier alpha value is -2.21. The standard InChI is InChI=1S/C21H24F5N3O4/c1-33-16-14-12(19(31)27-20(32)29(14)9-2-3-9)11(18(23)24)13(22)15(16)28-6-8-4-5-21(25,26)17(30)10(8)7-28/h8-10,13,15,17-18,30H,2-7H2,1H3,(H,27,31,32). The summed E-state index contributed by atoms with van der Waals surface area (Å²) in [5.74, 6) is -4.66. The summed E-state index contributed by atoms with van der Waals surface area (Å²) in [5.41, 5.74) is -2.97. The van der Waals surface area contributed by atoms with Gasteiger partial charge in [0.15, 0.2) is 6.17 Å². The van der Waals surface area contributed by atoms with Gasteiger partial charge in [-0.3, -0.25) is 19.2 Å². The van der Waals surface area contributed by atoms with Crippen LogP contribution in [0.3, 0.4) is 0 Å². The highest BCUT2D eigenvalue weighted by Crippen LogP contribution is 2.46. The van der Waals surface area contributed by atoms with Crippen LogP contribution in [-0.4, -0.2) is 70.4 Å². The van der Waals surface area contributed by atoms with Gasteiger partial charge in [0, 0.05) is 37.0 Å². The number of fused-ring (bicyclic) bond motifs is 2. The van der Waals surface area contributed by atoms with E-state index in [1.165, 1.54) is 16.6 Å². The number of nitrogens with one attached hydrogen (secondary N) is 1. The number of H-pyrrole nitrogens is 1. The summed E-state index contributed by atoms with van der Waals surface area (Å²) in [4.78, 5) is 28.6. The molecular formula is C21H24F5N3O4. The second-order valence-electron chi connectivity index (χ2n) is 9.38. The molecule has 5 rings (SSSR count). The summed E-state index contributed by atoms with van der Waals surface area (Å²) < 4.78 is 78.8. The minimum Gasteiger partial charge on any atom is -0.497 e. The van der Waals surface area contributed by atoms with Crippen LogP contribution < -0.4 is 21.8 Å². The van der Waals surface area contributed by atoms with Gasteiger partial charge in [-0.15, -0.1) is 0 Å². The molecule has 0 amide bonds. The van der Waals surface area contributed by atoms with Gasteiger partial charge in [0.2, 0.25) is 0 Å². The van der Waals surface area contributed by atoms with E-state index in [1.54, 1.807) is 0 Å². The molecular weight excluding hydrogens is 453 g/mol. The predicted octanol–water partition coefficient (Wildman–Crippen LogP) is 0.100. The monoisotopic (exact) mass is 477 g/mol. The number of halogens is 5. The van der Waals surface area contributed by atoms with E-state index in [0.717, 1.165) is 0 Å². The van der Waals surface area contributed by atoms with E-state index in [1.807, 2.05) is 4.98 Å². The van der Waals surface area contributed by atoms with Crippen LogP contribution in [0.25, 0.3) is 11.3 Å². The maximum Gasteiger partial charge on any atom is 0.329 e. The number of alkyl halides is 5. The first kappa shape index (κ1) is 22.6. The number of nitrogens with zero attached hydrogens (tertiary/aromatic N) is 2. The van der Waals surface area contributed by atoms with E-state index < -0.39 is 65.0 Å². The summed E-state index contributed by atoms with van der Waals surface area (Å²) in [6, 6.07) is -1.78. The second kappa shape index (κ2) is 7.66. The van der Waals surface area contributed by atoms with E-state index in [4.69, 9.17) is 4.74 Å². The average Bonchev–Trinajstić information content (AvgIpc) is 3.48. The predicted molar refractivity (Wildman–Crippen MR) is 106 cm³/mol. The van der Waals surface area contributed by atoms with Crippen LogP contribution in [0.2, 0.25) is 0 Å². The number of aliphatic hydroxyl groups is 1. The Morgan fingerprint density at radius 3 is 2.48 bits per heavy atom. The van der Waals surface area contributed by atoms with Gasteiger partial charge in [-0.25, -0.2) is 26.7 Å². The molecule has 1 aromatic rings. The topological polar surface area (TPSA) is 87.6 Å². The van der Waals surface area contributed by atoms with E-state index >= 15 is 4.39 Å². The van der Waals surface area contributed by atoms with Crippen molar-refractivity contribution in [2.75, 3.05) is 20.2 Å². The Morgan fingerprint density at radius 1 is 1.18 bits per heavy atom. The highest BCUT2D eigenvalue weighted by molar-refractivity contribution is 5.63. The van der Waals surface area contributed by atoms with Gasteiger partial charge in [-0.1, -0.05) is 0 Å². The molecule has 182 valence electrons. The summed E-state index contributed by atoms with van der Waals surface area (Å²) in [6.45, 7) is -0.0550. The molecule has 5 atom stereocenters. The first-order chi connectivity index (χ1) is 15.6. The first-order valence-corrected chi connectivity index (χ1v) is 11.0. The number of hydrogen-bond donors (Lipinski definition) is 2. The maximum absolute atomic E-state index is 15.8. The van der Waals surface area contributed by atoms with Gasteiger partial charge in [0.05, 0.1) is 17.7 Å². The Labute approximate surface area is 184 Å². The number of hydrogen-bond acceptors (Lipinski definition) is 5. The zero-order valence-corrected chi connectivity index (χ0v) is 17.7. The molecule has 12 heteroatoms. The van der Waals surface area contributed by atoms with Crippen LogP contribution in [0, 0.1) is 11.8 Å². The molecule has 7 nitrogen and oxygen atoms in total. The smallest absolute Gasteiger partial charge is 0.329 e. The molecule has 1 saturated heterocycles. The molecule has 2 saturated carbocycles. The third-order valence-electron chi connectivity index (χ3n) is 7.48. The second-order valence-corrected chi connectivity index (χ2v) is 9.38. The number of likely N-dealkylation sites (tertiary alicyclic amines) is 1. The number of aromatic amines is 1. The van der Waals surface area contributed by atoms with Crippen molar-refractivity contribution in [1.82, 2.24) is 14.5 Å². The van der Waals surface area contributed by atoms with Crippen molar-refractivity contribution in [3.8, 4) is 0 Å². The Morgan fingerprint density at radius 2 is 1.88 bits per heavy atom. The minimum atomic E-state index is -3.33. The van der Waals surface area contributed by atoms with Crippen LogP contribution in [0.4, 0.5) is 22.0 Å². The number of methoxy groups -OCH3 is 1. The average molecular weight is 477 g/mol. The van der Waals surface area contributed by atoms with Crippen LogP contribution in [0.5, 0.6) is 0 Å². The summed E-state index contributed by atoms with van der Waals surface area (Å²) in [5, 5.41) is 9.40. The third kappa shape index (κ3) is 3.36. The quantitative estimate of drug-likeness (QED) is 0.601. The van der Waals surface area contributed by atoms with Crippen molar-refractivity contribution >= 4 is 11.3 Å². The molecule has 4 aliphatic rings. The maximum atomic E-state index is 15.8. The van der Waals surface area contributed by atoms with Gasteiger partial charge in [0.25, 0.3) is 17.9 Å². The van der Waals surface area contributed by atoms with E-state index in [2.05, 4.69) is 0 Å². The Balaban J connectivity index is 1.71. The molecule has 5 unspecified atom stereocenters. The van der Waals surface area contributed by atoms with E-state index in [9.17, 15) is 32.3 Å². The lowest BCUT2D eigenvalue weighted by Crippen LogP contribution is -2.63. The van der Waals surface area contributed by atoms with Gasteiger partial charge >= 0.3 is 5.69 Å². The molecule has 33 heavy (non-hydrogen) atoms. The molecule has 0 spiro atoms. The fraction of sp³-hybridized carbons (Fsp3) is 0.714. The van der Waals surface area contributed by atoms with Crippen molar-refractivity contribution in [2.24, 2.45) is 11.8 Å². The van der Waals surface area contributed by atoms with Crippen molar-refractivity contribution in [3.05, 3.63) is 31.4 Å². The number of aliphatic hydroxyl groups excluding tert-OH is 1. The van der Waals surface area contributed by atoms with E-state index in [0.29, 0.717) is 12.8 Å². The number of rotatable bonds is 4. The normalized spacial score (nSPS) is 33.9. The Kier molecular flexibility index (Phi) is 5.24. The van der Waals surface area contributed by atoms with Crippen molar-refractivity contribution < 1.29 is 31.8 Å².